The van der Waals surface area contributed by atoms with Crippen LogP contribution >= 0.6 is 11.3 Å². The van der Waals surface area contributed by atoms with Crippen LogP contribution in [0.15, 0.2) is 64.3 Å². The van der Waals surface area contributed by atoms with Crippen molar-refractivity contribution in [1.82, 2.24) is 4.90 Å². The topological polar surface area (TPSA) is 55.8 Å². The molecule has 2 aromatic rings. The average Bonchev–Trinajstić information content (AvgIpc) is 3.40. The Morgan fingerprint density at radius 2 is 1.43 bits per heavy atom. The van der Waals surface area contributed by atoms with E-state index in [2.05, 4.69) is 0 Å². The average molecular weight is 536 g/mol. The quantitative estimate of drug-likeness (QED) is 0.311. The van der Waals surface area contributed by atoms with Gasteiger partial charge in [-0.25, -0.2) is 9.59 Å². The number of methoxy groups -OCH3 is 2. The van der Waals surface area contributed by atoms with Gasteiger partial charge in [-0.2, -0.15) is 13.2 Å². The number of hydrogen-bond acceptors (Lipinski definition) is 6. The van der Waals surface area contributed by atoms with Crippen molar-refractivity contribution >= 4 is 23.3 Å². The van der Waals surface area contributed by atoms with E-state index in [0.29, 0.717) is 31.4 Å². The van der Waals surface area contributed by atoms with E-state index in [0.717, 1.165) is 41.2 Å². The molecular weight excluding hydrogens is 503 g/mol. The van der Waals surface area contributed by atoms with Gasteiger partial charge in [0.25, 0.3) is 0 Å². The molecule has 1 aliphatic rings. The molecule has 5 nitrogen and oxygen atoms in total. The standard InChI is InChI=1S/C28H32F3NO4S/c1-5-8-21-24(26(33)35-3)23(18-11-13-19(14-12-18)28(29,30)31)25(27(34)36-4)22(9-6-2)32(21)16-15-20-10-7-17-37-20/h7,10-14,17,23H,5-6,8-9,15-16H2,1-4H3. The lowest BCUT2D eigenvalue weighted by atomic mass is 9.77. The number of benzene rings is 1. The van der Waals surface area contributed by atoms with Crippen LogP contribution in [0.5, 0.6) is 0 Å². The zero-order valence-corrected chi connectivity index (χ0v) is 22.3. The number of esters is 2. The second-order valence-corrected chi connectivity index (χ2v) is 9.77. The normalized spacial score (nSPS) is 14.8. The first-order valence-electron chi connectivity index (χ1n) is 12.3. The van der Waals surface area contributed by atoms with Crippen LogP contribution in [0.3, 0.4) is 0 Å². The van der Waals surface area contributed by atoms with Gasteiger partial charge in [0, 0.05) is 22.8 Å². The monoisotopic (exact) mass is 535 g/mol. The van der Waals surface area contributed by atoms with Gasteiger partial charge >= 0.3 is 18.1 Å². The van der Waals surface area contributed by atoms with E-state index < -0.39 is 29.6 Å². The maximum Gasteiger partial charge on any atom is 0.416 e. The highest BCUT2D eigenvalue weighted by molar-refractivity contribution is 7.09. The zero-order valence-electron chi connectivity index (χ0n) is 21.5. The van der Waals surface area contributed by atoms with Crippen LogP contribution in [-0.4, -0.2) is 37.6 Å². The molecule has 0 N–H and O–H groups in total. The molecule has 0 spiro atoms. The second kappa shape index (κ2) is 12.4. The van der Waals surface area contributed by atoms with Crippen molar-refractivity contribution in [2.45, 2.75) is 58.0 Å². The highest BCUT2D eigenvalue weighted by Gasteiger charge is 2.42. The number of ether oxygens (including phenoxy) is 2. The van der Waals surface area contributed by atoms with E-state index in [1.165, 1.54) is 26.4 Å². The number of hydrogen-bond donors (Lipinski definition) is 0. The minimum Gasteiger partial charge on any atom is -0.466 e. The number of allylic oxidation sites excluding steroid dienone is 2. The van der Waals surface area contributed by atoms with Crippen LogP contribution in [0.2, 0.25) is 0 Å². The molecule has 0 saturated heterocycles. The van der Waals surface area contributed by atoms with Crippen LogP contribution in [0.25, 0.3) is 0 Å². The van der Waals surface area contributed by atoms with Crippen molar-refractivity contribution < 1.29 is 32.2 Å². The summed E-state index contributed by atoms with van der Waals surface area (Å²) in [6, 6.07) is 8.61. The van der Waals surface area contributed by atoms with Gasteiger partial charge in [0.05, 0.1) is 36.8 Å². The molecule has 1 aromatic carbocycles. The molecule has 37 heavy (non-hydrogen) atoms. The highest BCUT2D eigenvalue weighted by atomic mass is 32.1. The molecule has 0 aliphatic carbocycles. The van der Waals surface area contributed by atoms with E-state index >= 15 is 0 Å². The first-order chi connectivity index (χ1) is 17.7. The van der Waals surface area contributed by atoms with Gasteiger partial charge in [-0.3, -0.25) is 0 Å². The maximum absolute atomic E-state index is 13.3. The van der Waals surface area contributed by atoms with Crippen LogP contribution in [0.4, 0.5) is 13.2 Å². The molecule has 3 rings (SSSR count). The van der Waals surface area contributed by atoms with Crippen LogP contribution in [-0.2, 0) is 31.7 Å². The molecule has 0 unspecified atom stereocenters. The Morgan fingerprint density at radius 1 is 0.892 bits per heavy atom. The summed E-state index contributed by atoms with van der Waals surface area (Å²) < 4.78 is 50.2. The number of alkyl halides is 3. The highest BCUT2D eigenvalue weighted by Crippen LogP contribution is 2.46. The van der Waals surface area contributed by atoms with Crippen LogP contribution in [0, 0.1) is 0 Å². The molecular formula is C28H32F3NO4S. The van der Waals surface area contributed by atoms with Crippen molar-refractivity contribution in [3.8, 4) is 0 Å². The van der Waals surface area contributed by atoms with Gasteiger partial charge in [0.2, 0.25) is 0 Å². The summed E-state index contributed by atoms with van der Waals surface area (Å²) >= 11 is 1.63. The molecule has 0 bridgehead atoms. The number of halogens is 3. The van der Waals surface area contributed by atoms with Crippen LogP contribution < -0.4 is 0 Å². The van der Waals surface area contributed by atoms with E-state index in [1.54, 1.807) is 11.3 Å². The molecule has 200 valence electrons. The van der Waals surface area contributed by atoms with Gasteiger partial charge in [-0.1, -0.05) is 44.9 Å². The lowest BCUT2D eigenvalue weighted by Crippen LogP contribution is -2.37. The Morgan fingerprint density at radius 3 is 1.84 bits per heavy atom. The molecule has 9 heteroatoms. The predicted octanol–water partition coefficient (Wildman–Crippen LogP) is 6.86. The number of thiophene rings is 1. The summed E-state index contributed by atoms with van der Waals surface area (Å²) in [5.41, 5.74) is 1.57. The largest absolute Gasteiger partial charge is 0.466 e. The fourth-order valence-electron chi connectivity index (χ4n) is 4.78. The van der Waals surface area contributed by atoms with Crippen molar-refractivity contribution in [2.75, 3.05) is 20.8 Å². The first kappa shape index (κ1) is 28.5. The van der Waals surface area contributed by atoms with Gasteiger partial charge in [0.1, 0.15) is 0 Å². The van der Waals surface area contributed by atoms with Crippen LogP contribution in [0.1, 0.15) is 61.5 Å². The third kappa shape index (κ3) is 6.26. The van der Waals surface area contributed by atoms with E-state index in [4.69, 9.17) is 9.47 Å². The molecule has 0 amide bonds. The Hall–Kier alpha value is -3.07. The van der Waals surface area contributed by atoms with E-state index in [-0.39, 0.29) is 11.1 Å². The van der Waals surface area contributed by atoms with Crippen molar-refractivity contribution in [1.29, 1.82) is 0 Å². The predicted molar refractivity (Wildman–Crippen MR) is 137 cm³/mol. The van der Waals surface area contributed by atoms with Crippen molar-refractivity contribution in [3.63, 3.8) is 0 Å². The summed E-state index contributed by atoms with van der Waals surface area (Å²) in [5, 5.41) is 2.00. The Kier molecular flexibility index (Phi) is 9.59. The van der Waals surface area contributed by atoms with Crippen molar-refractivity contribution in [2.24, 2.45) is 0 Å². The fourth-order valence-corrected chi connectivity index (χ4v) is 5.48. The molecule has 0 atom stereocenters. The van der Waals surface area contributed by atoms with Crippen molar-refractivity contribution in [3.05, 3.63) is 80.3 Å². The molecule has 0 fully saturated rings. The zero-order chi connectivity index (χ0) is 27.2. The summed E-state index contributed by atoms with van der Waals surface area (Å²) in [5.74, 6) is -2.15. The third-order valence-electron chi connectivity index (χ3n) is 6.37. The summed E-state index contributed by atoms with van der Waals surface area (Å²) in [6.45, 7) is 4.52. The number of carbonyl (C=O) groups excluding carboxylic acids is 2. The smallest absolute Gasteiger partial charge is 0.416 e. The molecule has 1 aliphatic heterocycles. The fraction of sp³-hybridized carbons (Fsp3) is 0.429. The summed E-state index contributed by atoms with van der Waals surface area (Å²) in [6.07, 6.45) is -1.30. The molecule has 2 heterocycles. The first-order valence-corrected chi connectivity index (χ1v) is 13.2. The Labute approximate surface area is 219 Å². The lowest BCUT2D eigenvalue weighted by molar-refractivity contribution is -0.139. The van der Waals surface area contributed by atoms with Gasteiger partial charge in [0.15, 0.2) is 0 Å². The molecule has 1 aromatic heterocycles. The third-order valence-corrected chi connectivity index (χ3v) is 7.30. The van der Waals surface area contributed by atoms with E-state index in [1.807, 2.05) is 36.3 Å². The van der Waals surface area contributed by atoms with Gasteiger partial charge in [-0.15, -0.1) is 11.3 Å². The maximum atomic E-state index is 13.3. The molecule has 0 radical (unpaired) electrons. The minimum absolute atomic E-state index is 0.260. The number of carbonyl (C=O) groups is 2. The number of nitrogens with zero attached hydrogens (tertiary/aromatic N) is 1. The number of rotatable bonds is 10. The van der Waals surface area contributed by atoms with Gasteiger partial charge in [-0.05, 0) is 48.4 Å². The lowest BCUT2D eigenvalue weighted by Gasteiger charge is -2.40. The van der Waals surface area contributed by atoms with E-state index in [9.17, 15) is 22.8 Å². The Balaban J connectivity index is 2.28. The second-order valence-electron chi connectivity index (χ2n) is 8.74. The minimum atomic E-state index is -4.51. The van der Waals surface area contributed by atoms with Gasteiger partial charge < -0.3 is 14.4 Å². The Bertz CT molecular complexity index is 1110. The summed E-state index contributed by atoms with van der Waals surface area (Å²) in [7, 11) is 2.53. The molecule has 0 saturated carbocycles. The summed E-state index contributed by atoms with van der Waals surface area (Å²) in [4.78, 5) is 29.8. The SMILES string of the molecule is CCCC1=C(C(=O)OC)C(c2ccc(C(F)(F)F)cc2)C(C(=O)OC)=C(CCC)N1CCc1cccs1.